The Bertz CT molecular complexity index is 449. The van der Waals surface area contributed by atoms with Crippen molar-refractivity contribution in [2.75, 3.05) is 6.61 Å². The molecule has 1 aromatic carbocycles. The smallest absolute Gasteiger partial charge is 0.310 e. The van der Waals surface area contributed by atoms with Crippen molar-refractivity contribution in [3.63, 3.8) is 0 Å². The van der Waals surface area contributed by atoms with E-state index >= 15 is 0 Å². The maximum absolute atomic E-state index is 13.1. The molecule has 0 atom stereocenters. The van der Waals surface area contributed by atoms with Crippen molar-refractivity contribution in [3.05, 3.63) is 41.2 Å². The molecule has 0 amide bonds. The molecule has 0 radical (unpaired) electrons. The maximum atomic E-state index is 13.1. The second-order valence-electron chi connectivity index (χ2n) is 3.72. The summed E-state index contributed by atoms with van der Waals surface area (Å²) in [6, 6.07) is 4.69. The molecule has 2 rings (SSSR count). The molecule has 0 saturated heterocycles. The summed E-state index contributed by atoms with van der Waals surface area (Å²) in [7, 11) is 0. The van der Waals surface area contributed by atoms with Gasteiger partial charge in [0.05, 0.1) is 13.0 Å². The predicted octanol–water partition coefficient (Wildman–Crippen LogP) is 2.72. The number of ether oxygens (including phenoxy) is 1. The Labute approximate surface area is 93.7 Å². The molecule has 3 heteroatoms. The van der Waals surface area contributed by atoms with Crippen molar-refractivity contribution in [1.82, 2.24) is 0 Å². The zero-order valence-corrected chi connectivity index (χ0v) is 9.13. The Morgan fingerprint density at radius 3 is 3.06 bits per heavy atom. The van der Waals surface area contributed by atoms with Crippen molar-refractivity contribution in [1.29, 1.82) is 0 Å². The van der Waals surface area contributed by atoms with Gasteiger partial charge >= 0.3 is 5.97 Å². The minimum Gasteiger partial charge on any atom is -0.466 e. The summed E-state index contributed by atoms with van der Waals surface area (Å²) in [5, 5.41) is 0. The van der Waals surface area contributed by atoms with Gasteiger partial charge in [-0.15, -0.1) is 0 Å². The van der Waals surface area contributed by atoms with E-state index in [0.717, 1.165) is 23.1 Å². The van der Waals surface area contributed by atoms with Crippen molar-refractivity contribution >= 4 is 11.5 Å². The SMILES string of the molecule is CCOC(=O)CC1=CCc2ccc(F)cc21. The van der Waals surface area contributed by atoms with Gasteiger partial charge in [-0.3, -0.25) is 4.79 Å². The molecular formula is C13H13FO2. The van der Waals surface area contributed by atoms with Crippen LogP contribution in [0, 0.1) is 5.82 Å². The van der Waals surface area contributed by atoms with Gasteiger partial charge in [0.15, 0.2) is 0 Å². The zero-order chi connectivity index (χ0) is 11.5. The predicted molar refractivity (Wildman–Crippen MR) is 59.3 cm³/mol. The van der Waals surface area contributed by atoms with E-state index in [1.807, 2.05) is 6.08 Å². The van der Waals surface area contributed by atoms with Crippen LogP contribution in [0.5, 0.6) is 0 Å². The standard InChI is InChI=1S/C13H13FO2/c1-2-16-13(15)7-10-4-3-9-5-6-11(14)8-12(9)10/h4-6,8H,2-3,7H2,1H3. The second-order valence-corrected chi connectivity index (χ2v) is 3.72. The van der Waals surface area contributed by atoms with Gasteiger partial charge in [-0.05, 0) is 42.2 Å². The Kier molecular flexibility index (Phi) is 3.04. The molecule has 16 heavy (non-hydrogen) atoms. The number of carbonyl (C=O) groups excluding carboxylic acids is 1. The number of esters is 1. The number of fused-ring (bicyclic) bond motifs is 1. The molecule has 0 bridgehead atoms. The summed E-state index contributed by atoms with van der Waals surface area (Å²) < 4.78 is 18.0. The van der Waals surface area contributed by atoms with E-state index < -0.39 is 0 Å². The van der Waals surface area contributed by atoms with Crippen molar-refractivity contribution in [2.24, 2.45) is 0 Å². The summed E-state index contributed by atoms with van der Waals surface area (Å²) in [6.45, 7) is 2.15. The van der Waals surface area contributed by atoms with Crippen LogP contribution in [0.3, 0.4) is 0 Å². The third-order valence-corrected chi connectivity index (χ3v) is 2.63. The summed E-state index contributed by atoms with van der Waals surface area (Å²) >= 11 is 0. The van der Waals surface area contributed by atoms with Crippen LogP contribution in [-0.2, 0) is 16.0 Å². The third-order valence-electron chi connectivity index (χ3n) is 2.63. The first kappa shape index (κ1) is 10.9. The number of benzene rings is 1. The van der Waals surface area contributed by atoms with E-state index in [2.05, 4.69) is 0 Å². The first-order valence-electron chi connectivity index (χ1n) is 5.34. The van der Waals surface area contributed by atoms with E-state index in [1.54, 1.807) is 13.0 Å². The fourth-order valence-electron chi connectivity index (χ4n) is 1.90. The molecule has 0 saturated carbocycles. The molecule has 0 unspecified atom stereocenters. The lowest BCUT2D eigenvalue weighted by molar-refractivity contribution is -0.141. The Morgan fingerprint density at radius 1 is 1.50 bits per heavy atom. The molecule has 1 aliphatic carbocycles. The highest BCUT2D eigenvalue weighted by Crippen LogP contribution is 2.30. The van der Waals surface area contributed by atoms with Crippen LogP contribution in [0.25, 0.3) is 5.57 Å². The van der Waals surface area contributed by atoms with Crippen LogP contribution in [0.4, 0.5) is 4.39 Å². The van der Waals surface area contributed by atoms with Crippen LogP contribution < -0.4 is 0 Å². The topological polar surface area (TPSA) is 26.3 Å². The summed E-state index contributed by atoms with van der Waals surface area (Å²) in [5.74, 6) is -0.527. The number of halogens is 1. The minimum absolute atomic E-state index is 0.226. The number of hydrogen-bond donors (Lipinski definition) is 0. The lowest BCUT2D eigenvalue weighted by Crippen LogP contribution is -2.04. The fraction of sp³-hybridized carbons (Fsp3) is 0.308. The quantitative estimate of drug-likeness (QED) is 0.732. The molecule has 84 valence electrons. The van der Waals surface area contributed by atoms with Crippen LogP contribution in [0.1, 0.15) is 24.5 Å². The average molecular weight is 220 g/mol. The summed E-state index contributed by atoms with van der Waals surface area (Å²) in [4.78, 5) is 11.3. The second kappa shape index (κ2) is 4.47. The van der Waals surface area contributed by atoms with E-state index in [0.29, 0.717) is 6.61 Å². The highest BCUT2D eigenvalue weighted by molar-refractivity contribution is 5.87. The number of hydrogen-bond acceptors (Lipinski definition) is 2. The highest BCUT2D eigenvalue weighted by atomic mass is 19.1. The molecule has 0 spiro atoms. The zero-order valence-electron chi connectivity index (χ0n) is 9.13. The van der Waals surface area contributed by atoms with Crippen LogP contribution in [-0.4, -0.2) is 12.6 Å². The fourth-order valence-corrected chi connectivity index (χ4v) is 1.90. The Morgan fingerprint density at radius 2 is 2.31 bits per heavy atom. The van der Waals surface area contributed by atoms with Crippen molar-refractivity contribution < 1.29 is 13.9 Å². The molecule has 0 heterocycles. The van der Waals surface area contributed by atoms with E-state index in [-0.39, 0.29) is 18.2 Å². The van der Waals surface area contributed by atoms with Gasteiger partial charge in [-0.25, -0.2) is 4.39 Å². The van der Waals surface area contributed by atoms with Crippen molar-refractivity contribution in [2.45, 2.75) is 19.8 Å². The van der Waals surface area contributed by atoms with Crippen LogP contribution in [0.2, 0.25) is 0 Å². The van der Waals surface area contributed by atoms with E-state index in [9.17, 15) is 9.18 Å². The molecule has 2 nitrogen and oxygen atoms in total. The largest absolute Gasteiger partial charge is 0.466 e. The maximum Gasteiger partial charge on any atom is 0.310 e. The van der Waals surface area contributed by atoms with Gasteiger partial charge in [-0.1, -0.05) is 12.1 Å². The van der Waals surface area contributed by atoms with Gasteiger partial charge in [0.2, 0.25) is 0 Å². The molecule has 1 aliphatic rings. The highest BCUT2D eigenvalue weighted by Gasteiger charge is 2.17. The lowest BCUT2D eigenvalue weighted by atomic mass is 10.0. The van der Waals surface area contributed by atoms with Crippen LogP contribution >= 0.6 is 0 Å². The minimum atomic E-state index is -0.268. The molecule has 0 aliphatic heterocycles. The molecule has 0 N–H and O–H groups in total. The number of allylic oxidation sites excluding steroid dienone is 1. The van der Waals surface area contributed by atoms with Gasteiger partial charge in [0, 0.05) is 0 Å². The molecule has 0 fully saturated rings. The Balaban J connectivity index is 2.16. The normalized spacial score (nSPS) is 13.2. The monoisotopic (exact) mass is 220 g/mol. The lowest BCUT2D eigenvalue weighted by Gasteiger charge is -2.05. The Hall–Kier alpha value is -1.64. The first-order chi connectivity index (χ1) is 7.70. The average Bonchev–Trinajstić information content (AvgIpc) is 2.61. The van der Waals surface area contributed by atoms with Crippen LogP contribution in [0.15, 0.2) is 24.3 Å². The van der Waals surface area contributed by atoms with E-state index in [4.69, 9.17) is 4.74 Å². The number of rotatable bonds is 3. The van der Waals surface area contributed by atoms with Gasteiger partial charge in [-0.2, -0.15) is 0 Å². The summed E-state index contributed by atoms with van der Waals surface area (Å²) in [6.07, 6.45) is 2.95. The third kappa shape index (κ3) is 2.13. The van der Waals surface area contributed by atoms with Gasteiger partial charge in [0.1, 0.15) is 5.82 Å². The molecular weight excluding hydrogens is 207 g/mol. The number of carbonyl (C=O) groups is 1. The summed E-state index contributed by atoms with van der Waals surface area (Å²) in [5.41, 5.74) is 2.78. The molecule has 1 aromatic rings. The van der Waals surface area contributed by atoms with Gasteiger partial charge in [0.25, 0.3) is 0 Å². The molecule has 0 aromatic heterocycles. The van der Waals surface area contributed by atoms with Crippen molar-refractivity contribution in [3.8, 4) is 0 Å². The van der Waals surface area contributed by atoms with E-state index in [1.165, 1.54) is 12.1 Å². The first-order valence-corrected chi connectivity index (χ1v) is 5.34. The van der Waals surface area contributed by atoms with Gasteiger partial charge < -0.3 is 4.74 Å².